The molecule has 0 aromatic carbocycles. The van der Waals surface area contributed by atoms with E-state index in [2.05, 4.69) is 22.3 Å². The van der Waals surface area contributed by atoms with E-state index >= 15 is 0 Å². The summed E-state index contributed by atoms with van der Waals surface area (Å²) in [5, 5.41) is 7.00. The molecule has 0 aliphatic heterocycles. The van der Waals surface area contributed by atoms with Gasteiger partial charge in [-0.3, -0.25) is 9.78 Å². The minimum Gasteiger partial charge on any atom is -0.427 e. The number of hydrogen-bond donors (Lipinski definition) is 1. The highest BCUT2D eigenvalue weighted by Gasteiger charge is 2.20. The van der Waals surface area contributed by atoms with Gasteiger partial charge in [0.25, 0.3) is 5.91 Å². The summed E-state index contributed by atoms with van der Waals surface area (Å²) >= 11 is 0. The molecule has 28 heavy (non-hydrogen) atoms. The first-order chi connectivity index (χ1) is 13.5. The molecule has 0 aliphatic carbocycles. The van der Waals surface area contributed by atoms with Crippen LogP contribution in [0.25, 0.3) is 0 Å². The number of nitrogens with zero attached hydrogens (tertiary/aromatic N) is 3. The summed E-state index contributed by atoms with van der Waals surface area (Å²) < 4.78 is 7.07. The third-order valence-corrected chi connectivity index (χ3v) is 4.62. The first-order valence-electron chi connectivity index (χ1n) is 9.36. The van der Waals surface area contributed by atoms with Gasteiger partial charge in [0.15, 0.2) is 0 Å². The Hall–Kier alpha value is -3.22. The number of amides is 1. The molecule has 0 saturated heterocycles. The Labute approximate surface area is 163 Å². The van der Waals surface area contributed by atoms with Crippen molar-refractivity contribution < 1.29 is 9.21 Å². The summed E-state index contributed by atoms with van der Waals surface area (Å²) in [5.41, 5.74) is 0.951. The molecule has 3 aromatic rings. The lowest BCUT2D eigenvalue weighted by molar-refractivity contribution is 0.102. The number of pyridine rings is 1. The largest absolute Gasteiger partial charge is 0.427 e. The van der Waals surface area contributed by atoms with Gasteiger partial charge in [-0.25, -0.2) is 9.48 Å². The van der Waals surface area contributed by atoms with Crippen molar-refractivity contribution in [3.8, 4) is 0 Å². The predicted molar refractivity (Wildman–Crippen MR) is 107 cm³/mol. The fourth-order valence-electron chi connectivity index (χ4n) is 3.13. The van der Waals surface area contributed by atoms with Crippen LogP contribution in [0.1, 0.15) is 59.9 Å². The van der Waals surface area contributed by atoms with Gasteiger partial charge in [0.2, 0.25) is 0 Å². The van der Waals surface area contributed by atoms with Gasteiger partial charge in [-0.15, -0.1) is 0 Å². The zero-order chi connectivity index (χ0) is 20.1. The average Bonchev–Trinajstić information content (AvgIpc) is 3.08. The van der Waals surface area contributed by atoms with Crippen molar-refractivity contribution in [2.75, 3.05) is 5.32 Å². The van der Waals surface area contributed by atoms with Gasteiger partial charge >= 0.3 is 5.63 Å². The van der Waals surface area contributed by atoms with Crippen LogP contribution in [0.5, 0.6) is 0 Å². The Morgan fingerprint density at radius 1 is 1.32 bits per heavy atom. The van der Waals surface area contributed by atoms with E-state index in [0.29, 0.717) is 23.7 Å². The standard InChI is InChI=1S/C21H24N4O3/c1-4-6-14(2)17-11-15(3)19(21(27)28-17)20(26)24-18-8-10-23-25(18)13-16-7-5-9-22-12-16/h5,7-12,14H,4,6,13H2,1-3H3,(H,24,26). The summed E-state index contributed by atoms with van der Waals surface area (Å²) in [4.78, 5) is 29.3. The van der Waals surface area contributed by atoms with Crippen molar-refractivity contribution in [1.82, 2.24) is 14.8 Å². The normalized spacial score (nSPS) is 12.0. The second-order valence-electron chi connectivity index (χ2n) is 6.87. The molecule has 7 nitrogen and oxygen atoms in total. The number of aryl methyl sites for hydroxylation is 1. The quantitative estimate of drug-likeness (QED) is 0.674. The monoisotopic (exact) mass is 380 g/mol. The smallest absolute Gasteiger partial charge is 0.349 e. The minimum atomic E-state index is -0.617. The number of hydrogen-bond acceptors (Lipinski definition) is 5. The third kappa shape index (κ3) is 4.36. The maximum atomic E-state index is 12.7. The molecule has 3 aromatic heterocycles. The summed E-state index contributed by atoms with van der Waals surface area (Å²) in [7, 11) is 0. The topological polar surface area (TPSA) is 90.0 Å². The minimum absolute atomic E-state index is 0.0153. The highest BCUT2D eigenvalue weighted by Crippen LogP contribution is 2.21. The fraction of sp³-hybridized carbons (Fsp3) is 0.333. The van der Waals surface area contributed by atoms with Crippen LogP contribution in [0.2, 0.25) is 0 Å². The molecule has 0 saturated carbocycles. The predicted octanol–water partition coefficient (Wildman–Crippen LogP) is 3.74. The van der Waals surface area contributed by atoms with Crippen LogP contribution in [-0.2, 0) is 6.54 Å². The summed E-state index contributed by atoms with van der Waals surface area (Å²) in [6.45, 7) is 6.30. The molecular formula is C21H24N4O3. The Morgan fingerprint density at radius 3 is 2.82 bits per heavy atom. The van der Waals surface area contributed by atoms with Crippen molar-refractivity contribution >= 4 is 11.7 Å². The highest BCUT2D eigenvalue weighted by atomic mass is 16.4. The van der Waals surface area contributed by atoms with Crippen LogP contribution in [0, 0.1) is 6.92 Å². The molecule has 1 atom stereocenters. The molecule has 3 heterocycles. The molecule has 0 spiro atoms. The Kier molecular flexibility index (Phi) is 6.03. The third-order valence-electron chi connectivity index (χ3n) is 4.62. The molecule has 0 fully saturated rings. The lowest BCUT2D eigenvalue weighted by Gasteiger charge is -2.12. The maximum absolute atomic E-state index is 12.7. The van der Waals surface area contributed by atoms with Crippen LogP contribution < -0.4 is 10.9 Å². The zero-order valence-electron chi connectivity index (χ0n) is 16.3. The molecular weight excluding hydrogens is 356 g/mol. The van der Waals surface area contributed by atoms with Gasteiger partial charge in [0.1, 0.15) is 17.1 Å². The van der Waals surface area contributed by atoms with E-state index in [4.69, 9.17) is 4.42 Å². The Balaban J connectivity index is 1.81. The number of carbonyl (C=O) groups is 1. The van der Waals surface area contributed by atoms with Gasteiger partial charge < -0.3 is 9.73 Å². The molecule has 1 unspecified atom stereocenters. The van der Waals surface area contributed by atoms with E-state index in [9.17, 15) is 9.59 Å². The van der Waals surface area contributed by atoms with Crippen LogP contribution in [0.15, 0.2) is 52.1 Å². The van der Waals surface area contributed by atoms with Crippen LogP contribution in [0.4, 0.5) is 5.82 Å². The summed E-state index contributed by atoms with van der Waals surface area (Å²) in [5.74, 6) is 0.738. The number of carbonyl (C=O) groups excluding carboxylic acids is 1. The second kappa shape index (κ2) is 8.65. The molecule has 0 aliphatic rings. The molecule has 146 valence electrons. The van der Waals surface area contributed by atoms with Crippen LogP contribution >= 0.6 is 0 Å². The van der Waals surface area contributed by atoms with Gasteiger partial charge in [-0.2, -0.15) is 5.10 Å². The lowest BCUT2D eigenvalue weighted by Crippen LogP contribution is -2.24. The van der Waals surface area contributed by atoms with Crippen molar-refractivity contribution in [1.29, 1.82) is 0 Å². The number of rotatable bonds is 7. The highest BCUT2D eigenvalue weighted by molar-refractivity contribution is 6.04. The molecule has 3 rings (SSSR count). The van der Waals surface area contributed by atoms with Crippen molar-refractivity contribution in [2.45, 2.75) is 46.1 Å². The average molecular weight is 380 g/mol. The van der Waals surface area contributed by atoms with E-state index in [0.717, 1.165) is 18.4 Å². The number of aromatic nitrogens is 3. The first-order valence-corrected chi connectivity index (χ1v) is 9.36. The van der Waals surface area contributed by atoms with Crippen LogP contribution in [-0.4, -0.2) is 20.7 Å². The Bertz CT molecular complexity index is 1010. The summed E-state index contributed by atoms with van der Waals surface area (Å²) in [6.07, 6.45) is 6.94. The molecule has 0 bridgehead atoms. The van der Waals surface area contributed by atoms with Crippen molar-refractivity contribution in [2.24, 2.45) is 0 Å². The second-order valence-corrected chi connectivity index (χ2v) is 6.87. The Morgan fingerprint density at radius 2 is 2.14 bits per heavy atom. The van der Waals surface area contributed by atoms with E-state index in [1.165, 1.54) is 0 Å². The van der Waals surface area contributed by atoms with E-state index < -0.39 is 11.5 Å². The maximum Gasteiger partial charge on any atom is 0.349 e. The number of anilines is 1. The van der Waals surface area contributed by atoms with Crippen LogP contribution in [0.3, 0.4) is 0 Å². The van der Waals surface area contributed by atoms with Crippen molar-refractivity contribution in [3.63, 3.8) is 0 Å². The lowest BCUT2D eigenvalue weighted by atomic mass is 10.0. The molecule has 7 heteroatoms. The molecule has 1 amide bonds. The molecule has 0 radical (unpaired) electrons. The van der Waals surface area contributed by atoms with Gasteiger partial charge in [0, 0.05) is 24.4 Å². The molecule has 1 N–H and O–H groups in total. The number of nitrogens with one attached hydrogen (secondary N) is 1. The van der Waals surface area contributed by atoms with E-state index in [1.54, 1.807) is 42.3 Å². The first kappa shape index (κ1) is 19.5. The van der Waals surface area contributed by atoms with Gasteiger partial charge in [-0.05, 0) is 36.6 Å². The SMILES string of the molecule is CCCC(C)c1cc(C)c(C(=O)Nc2ccnn2Cc2cccnc2)c(=O)o1. The van der Waals surface area contributed by atoms with Gasteiger partial charge in [-0.1, -0.05) is 26.3 Å². The van der Waals surface area contributed by atoms with E-state index in [1.807, 2.05) is 19.1 Å². The van der Waals surface area contributed by atoms with Crippen molar-refractivity contribution in [3.05, 3.63) is 75.7 Å². The fourth-order valence-corrected chi connectivity index (χ4v) is 3.13. The van der Waals surface area contributed by atoms with E-state index in [-0.39, 0.29) is 11.5 Å². The summed E-state index contributed by atoms with van der Waals surface area (Å²) in [6, 6.07) is 7.23. The van der Waals surface area contributed by atoms with Gasteiger partial charge in [0.05, 0.1) is 12.7 Å². The zero-order valence-corrected chi connectivity index (χ0v) is 16.3.